The molecule has 2 aliphatic rings. The molecular weight excluding hydrogens is 258 g/mol. The van der Waals surface area contributed by atoms with Crippen molar-refractivity contribution in [3.8, 4) is 0 Å². The molecule has 0 aromatic carbocycles. The van der Waals surface area contributed by atoms with Crippen molar-refractivity contribution in [3.63, 3.8) is 0 Å². The minimum Gasteiger partial charge on any atom is -0.392 e. The standard InChI is InChI=1S/C14H27N3O3/c1-11(2)20-8-7-16-3-5-17(6-4-16)14(19)13-9-12(18)10-15-13/h11-13,15,18H,3-10H2,1-2H3/t12-,13+/m1/s1. The first-order valence-corrected chi connectivity index (χ1v) is 7.60. The smallest absolute Gasteiger partial charge is 0.239 e. The number of carbonyl (C=O) groups is 1. The summed E-state index contributed by atoms with van der Waals surface area (Å²) in [6.45, 7) is 9.65. The second-order valence-electron chi connectivity index (χ2n) is 5.94. The molecule has 0 radical (unpaired) electrons. The molecule has 6 heteroatoms. The van der Waals surface area contributed by atoms with E-state index in [0.29, 0.717) is 13.0 Å². The van der Waals surface area contributed by atoms with Crippen molar-refractivity contribution >= 4 is 5.91 Å². The van der Waals surface area contributed by atoms with Crippen molar-refractivity contribution in [2.24, 2.45) is 0 Å². The van der Waals surface area contributed by atoms with Gasteiger partial charge in [-0.05, 0) is 20.3 Å². The van der Waals surface area contributed by atoms with E-state index in [4.69, 9.17) is 4.74 Å². The van der Waals surface area contributed by atoms with E-state index in [2.05, 4.69) is 10.2 Å². The lowest BCUT2D eigenvalue weighted by molar-refractivity contribution is -0.135. The molecular formula is C14H27N3O3. The Labute approximate surface area is 121 Å². The maximum atomic E-state index is 12.3. The summed E-state index contributed by atoms with van der Waals surface area (Å²) in [6, 6.07) is -0.194. The van der Waals surface area contributed by atoms with Gasteiger partial charge in [-0.2, -0.15) is 0 Å². The molecule has 20 heavy (non-hydrogen) atoms. The molecule has 2 N–H and O–H groups in total. The monoisotopic (exact) mass is 285 g/mol. The SMILES string of the molecule is CC(C)OCCN1CCN(C(=O)[C@@H]2C[C@@H](O)CN2)CC1. The van der Waals surface area contributed by atoms with Crippen molar-refractivity contribution < 1.29 is 14.6 Å². The van der Waals surface area contributed by atoms with Gasteiger partial charge in [0.15, 0.2) is 0 Å². The second kappa shape index (κ2) is 7.36. The van der Waals surface area contributed by atoms with E-state index in [9.17, 15) is 9.90 Å². The third-order valence-corrected chi connectivity index (χ3v) is 3.95. The van der Waals surface area contributed by atoms with Gasteiger partial charge in [0.05, 0.1) is 24.9 Å². The van der Waals surface area contributed by atoms with Gasteiger partial charge in [0.25, 0.3) is 0 Å². The van der Waals surface area contributed by atoms with Crippen LogP contribution in [-0.2, 0) is 9.53 Å². The highest BCUT2D eigenvalue weighted by Gasteiger charge is 2.32. The van der Waals surface area contributed by atoms with Crippen LogP contribution in [0.25, 0.3) is 0 Å². The zero-order valence-electron chi connectivity index (χ0n) is 12.5. The maximum absolute atomic E-state index is 12.3. The molecule has 0 aromatic heterocycles. The number of β-amino-alcohol motifs (C(OH)–C–C–N with tert-alkyl or cyclic N) is 1. The van der Waals surface area contributed by atoms with Crippen molar-refractivity contribution in [2.75, 3.05) is 45.9 Å². The summed E-state index contributed by atoms with van der Waals surface area (Å²) in [6.07, 6.45) is 0.442. The van der Waals surface area contributed by atoms with Gasteiger partial charge in [-0.1, -0.05) is 0 Å². The molecule has 6 nitrogen and oxygen atoms in total. The topological polar surface area (TPSA) is 65.0 Å². The van der Waals surface area contributed by atoms with Crippen LogP contribution < -0.4 is 5.32 Å². The summed E-state index contributed by atoms with van der Waals surface area (Å²) in [5, 5.41) is 12.6. The van der Waals surface area contributed by atoms with Crippen LogP contribution in [0.1, 0.15) is 20.3 Å². The number of carbonyl (C=O) groups excluding carboxylic acids is 1. The lowest BCUT2D eigenvalue weighted by Crippen LogP contribution is -2.53. The summed E-state index contributed by atoms with van der Waals surface area (Å²) in [4.78, 5) is 16.5. The first kappa shape index (κ1) is 15.7. The molecule has 2 fully saturated rings. The molecule has 2 heterocycles. The predicted octanol–water partition coefficient (Wildman–Crippen LogP) is -0.722. The average Bonchev–Trinajstić information content (AvgIpc) is 2.85. The number of aliphatic hydroxyl groups excluding tert-OH is 1. The molecule has 2 aliphatic heterocycles. The Morgan fingerprint density at radius 2 is 2.05 bits per heavy atom. The van der Waals surface area contributed by atoms with Crippen molar-refractivity contribution in [1.82, 2.24) is 15.1 Å². The summed E-state index contributed by atoms with van der Waals surface area (Å²) in [5.74, 6) is 0.139. The van der Waals surface area contributed by atoms with Crippen LogP contribution in [0.4, 0.5) is 0 Å². The second-order valence-corrected chi connectivity index (χ2v) is 5.94. The summed E-state index contributed by atoms with van der Waals surface area (Å²) in [5.41, 5.74) is 0. The zero-order valence-corrected chi connectivity index (χ0v) is 12.5. The number of hydrogen-bond donors (Lipinski definition) is 2. The number of hydrogen-bond acceptors (Lipinski definition) is 5. The van der Waals surface area contributed by atoms with Crippen LogP contribution in [0, 0.1) is 0 Å². The van der Waals surface area contributed by atoms with E-state index >= 15 is 0 Å². The first-order chi connectivity index (χ1) is 9.56. The largest absolute Gasteiger partial charge is 0.392 e. The van der Waals surface area contributed by atoms with Crippen LogP contribution in [0.3, 0.4) is 0 Å². The van der Waals surface area contributed by atoms with Gasteiger partial charge in [0.2, 0.25) is 5.91 Å². The van der Waals surface area contributed by atoms with E-state index in [0.717, 1.165) is 39.3 Å². The minimum absolute atomic E-state index is 0.139. The molecule has 2 atom stereocenters. The molecule has 0 saturated carbocycles. The van der Waals surface area contributed by atoms with Gasteiger partial charge in [-0.3, -0.25) is 9.69 Å². The molecule has 0 spiro atoms. The molecule has 0 bridgehead atoms. The number of ether oxygens (including phenoxy) is 1. The molecule has 116 valence electrons. The number of nitrogens with one attached hydrogen (secondary N) is 1. The lowest BCUT2D eigenvalue weighted by Gasteiger charge is -2.36. The van der Waals surface area contributed by atoms with Crippen LogP contribution in [-0.4, -0.2) is 84.9 Å². The molecule has 2 saturated heterocycles. The zero-order chi connectivity index (χ0) is 14.5. The summed E-state index contributed by atoms with van der Waals surface area (Å²) in [7, 11) is 0. The molecule has 0 aliphatic carbocycles. The average molecular weight is 285 g/mol. The highest BCUT2D eigenvalue weighted by Crippen LogP contribution is 2.11. The fourth-order valence-corrected chi connectivity index (χ4v) is 2.73. The van der Waals surface area contributed by atoms with Crippen LogP contribution in [0.5, 0.6) is 0 Å². The maximum Gasteiger partial charge on any atom is 0.239 e. The fraction of sp³-hybridized carbons (Fsp3) is 0.929. The van der Waals surface area contributed by atoms with Crippen molar-refractivity contribution in [3.05, 3.63) is 0 Å². The predicted molar refractivity (Wildman–Crippen MR) is 76.5 cm³/mol. The summed E-state index contributed by atoms with van der Waals surface area (Å²) >= 11 is 0. The van der Waals surface area contributed by atoms with Gasteiger partial charge in [-0.15, -0.1) is 0 Å². The lowest BCUT2D eigenvalue weighted by atomic mass is 10.1. The van der Waals surface area contributed by atoms with Gasteiger partial charge in [0.1, 0.15) is 0 Å². The Morgan fingerprint density at radius 3 is 2.60 bits per heavy atom. The number of aliphatic hydroxyl groups is 1. The number of amides is 1. The normalized spacial score (nSPS) is 28.3. The Morgan fingerprint density at radius 1 is 1.35 bits per heavy atom. The fourth-order valence-electron chi connectivity index (χ4n) is 2.73. The quantitative estimate of drug-likeness (QED) is 0.698. The van der Waals surface area contributed by atoms with E-state index < -0.39 is 0 Å². The van der Waals surface area contributed by atoms with Crippen LogP contribution in [0.2, 0.25) is 0 Å². The molecule has 1 amide bonds. The third-order valence-electron chi connectivity index (χ3n) is 3.95. The highest BCUT2D eigenvalue weighted by atomic mass is 16.5. The van der Waals surface area contributed by atoms with E-state index in [-0.39, 0.29) is 24.2 Å². The number of rotatable bonds is 5. The Bertz CT molecular complexity index is 317. The van der Waals surface area contributed by atoms with E-state index in [1.54, 1.807) is 0 Å². The molecule has 2 rings (SSSR count). The van der Waals surface area contributed by atoms with Crippen molar-refractivity contribution in [2.45, 2.75) is 38.5 Å². The van der Waals surface area contributed by atoms with Gasteiger partial charge in [-0.25, -0.2) is 0 Å². The van der Waals surface area contributed by atoms with E-state index in [1.807, 2.05) is 18.7 Å². The Kier molecular flexibility index (Phi) is 5.77. The third kappa shape index (κ3) is 4.41. The first-order valence-electron chi connectivity index (χ1n) is 7.60. The molecule has 0 aromatic rings. The van der Waals surface area contributed by atoms with Crippen LogP contribution >= 0.6 is 0 Å². The number of piperazine rings is 1. The highest BCUT2D eigenvalue weighted by molar-refractivity contribution is 5.82. The van der Waals surface area contributed by atoms with Gasteiger partial charge < -0.3 is 20.1 Å². The van der Waals surface area contributed by atoms with E-state index in [1.165, 1.54) is 0 Å². The Hall–Kier alpha value is -0.690. The molecule has 0 unspecified atom stereocenters. The Balaban J connectivity index is 1.67. The number of nitrogens with zero attached hydrogens (tertiary/aromatic N) is 2. The van der Waals surface area contributed by atoms with Crippen LogP contribution in [0.15, 0.2) is 0 Å². The minimum atomic E-state index is -0.376. The summed E-state index contributed by atoms with van der Waals surface area (Å²) < 4.78 is 5.55. The van der Waals surface area contributed by atoms with Crippen molar-refractivity contribution in [1.29, 1.82) is 0 Å². The van der Waals surface area contributed by atoms with Gasteiger partial charge in [0, 0.05) is 39.3 Å². The van der Waals surface area contributed by atoms with Gasteiger partial charge >= 0.3 is 0 Å².